The fourth-order valence-electron chi connectivity index (χ4n) is 0.517. The number of ether oxygens (including phenoxy) is 1. The summed E-state index contributed by atoms with van der Waals surface area (Å²) in [4.78, 5) is 10.6. The molecule has 0 atom stereocenters. The molecule has 0 saturated carbocycles. The Balaban J connectivity index is 3.05. The number of halogens is 1. The Morgan fingerprint density at radius 1 is 1.70 bits per heavy atom. The minimum atomic E-state index is -0.136. The van der Waals surface area contributed by atoms with Crippen molar-refractivity contribution in [2.75, 3.05) is 11.9 Å². The molecule has 1 radical (unpaired) electrons. The summed E-state index contributed by atoms with van der Waals surface area (Å²) in [6, 6.07) is 0. The van der Waals surface area contributed by atoms with E-state index >= 15 is 0 Å². The highest BCUT2D eigenvalue weighted by atomic mass is 79.9. The largest absolute Gasteiger partial charge is 0.466 e. The predicted octanol–water partition coefficient (Wildman–Crippen LogP) is 1.93. The van der Waals surface area contributed by atoms with Crippen LogP contribution in [0.25, 0.3) is 0 Å². The lowest BCUT2D eigenvalue weighted by molar-refractivity contribution is -0.142. The van der Waals surface area contributed by atoms with Gasteiger partial charge in [-0.05, 0) is 19.8 Å². The van der Waals surface area contributed by atoms with Crippen LogP contribution in [0.3, 0.4) is 0 Å². The molecular weight excluding hydrogens is 196 g/mol. The van der Waals surface area contributed by atoms with Crippen molar-refractivity contribution in [1.82, 2.24) is 0 Å². The van der Waals surface area contributed by atoms with Crippen LogP contribution in [0.1, 0.15) is 19.8 Å². The summed E-state index contributed by atoms with van der Waals surface area (Å²) in [7, 11) is 0. The van der Waals surface area contributed by atoms with E-state index in [2.05, 4.69) is 15.9 Å². The maximum Gasteiger partial charge on any atom is 0.306 e. The monoisotopic (exact) mass is 207 g/mol. The summed E-state index contributed by atoms with van der Waals surface area (Å²) in [5, 5.41) is 0.909. The number of carbonyl (C=O) groups excluding carboxylic acids is 1. The van der Waals surface area contributed by atoms with Gasteiger partial charge in [-0.2, -0.15) is 0 Å². The normalized spacial score (nSPS) is 9.40. The fraction of sp³-hybridized carbons (Fsp3) is 0.714. The number of carbonyl (C=O) groups is 1. The van der Waals surface area contributed by atoms with Gasteiger partial charge < -0.3 is 4.74 Å². The highest BCUT2D eigenvalue weighted by Crippen LogP contribution is 1.98. The third kappa shape index (κ3) is 6.08. The molecule has 0 aromatic rings. The second kappa shape index (κ2) is 7.06. The molecule has 0 aliphatic carbocycles. The Bertz CT molecular complexity index is 93.6. The Kier molecular flexibility index (Phi) is 7.03. The molecule has 0 rings (SSSR count). The van der Waals surface area contributed by atoms with Crippen molar-refractivity contribution in [2.45, 2.75) is 19.8 Å². The van der Waals surface area contributed by atoms with Crippen molar-refractivity contribution >= 4 is 21.9 Å². The van der Waals surface area contributed by atoms with Gasteiger partial charge in [-0.15, -0.1) is 0 Å². The van der Waals surface area contributed by atoms with E-state index in [1.165, 1.54) is 0 Å². The molecule has 10 heavy (non-hydrogen) atoms. The minimum Gasteiger partial charge on any atom is -0.466 e. The molecule has 2 nitrogen and oxygen atoms in total. The van der Waals surface area contributed by atoms with Gasteiger partial charge in [0, 0.05) is 11.8 Å². The number of hydrogen-bond donors (Lipinski definition) is 0. The van der Waals surface area contributed by atoms with Crippen molar-refractivity contribution in [3.8, 4) is 0 Å². The summed E-state index contributed by atoms with van der Waals surface area (Å²) in [5.74, 6) is -0.136. The quantitative estimate of drug-likeness (QED) is 0.392. The van der Waals surface area contributed by atoms with E-state index in [1.54, 1.807) is 0 Å². The molecule has 0 amide bonds. The van der Waals surface area contributed by atoms with Gasteiger partial charge in [0.25, 0.3) is 0 Å². The molecule has 0 N–H and O–H groups in total. The van der Waals surface area contributed by atoms with Crippen LogP contribution in [0.2, 0.25) is 0 Å². The van der Waals surface area contributed by atoms with Gasteiger partial charge >= 0.3 is 5.97 Å². The first-order valence-corrected chi connectivity index (χ1v) is 4.46. The van der Waals surface area contributed by atoms with Gasteiger partial charge in [0.05, 0.1) is 6.61 Å². The van der Waals surface area contributed by atoms with E-state index in [0.29, 0.717) is 13.0 Å². The third-order valence-electron chi connectivity index (χ3n) is 0.930. The lowest BCUT2D eigenvalue weighted by Gasteiger charge is -1.98. The molecule has 0 aromatic carbocycles. The van der Waals surface area contributed by atoms with Crippen LogP contribution in [0.5, 0.6) is 0 Å². The first-order valence-electron chi connectivity index (χ1n) is 3.34. The van der Waals surface area contributed by atoms with Crippen LogP contribution in [-0.2, 0) is 9.53 Å². The topological polar surface area (TPSA) is 26.3 Å². The Morgan fingerprint density at radius 2 is 2.40 bits per heavy atom. The van der Waals surface area contributed by atoms with Crippen LogP contribution < -0.4 is 0 Å². The molecular formula is C7H12BrO2. The predicted molar refractivity (Wildman–Crippen MR) is 44.0 cm³/mol. The fourth-order valence-corrected chi connectivity index (χ4v) is 0.841. The van der Waals surface area contributed by atoms with Gasteiger partial charge in [-0.25, -0.2) is 0 Å². The van der Waals surface area contributed by atoms with Crippen molar-refractivity contribution in [2.24, 2.45) is 0 Å². The molecule has 3 heteroatoms. The number of hydrogen-bond acceptors (Lipinski definition) is 2. The zero-order valence-corrected chi connectivity index (χ0v) is 7.69. The highest BCUT2D eigenvalue weighted by molar-refractivity contribution is 9.09. The molecule has 0 spiro atoms. The lowest BCUT2D eigenvalue weighted by Crippen LogP contribution is -2.03. The molecule has 0 saturated heterocycles. The van der Waals surface area contributed by atoms with Gasteiger partial charge in [-0.1, -0.05) is 15.9 Å². The zero-order valence-electron chi connectivity index (χ0n) is 6.10. The van der Waals surface area contributed by atoms with E-state index in [0.717, 1.165) is 11.8 Å². The van der Waals surface area contributed by atoms with Crippen molar-refractivity contribution in [3.63, 3.8) is 0 Å². The summed E-state index contributed by atoms with van der Waals surface area (Å²) in [6.07, 6.45) is 3.25. The molecule has 59 valence electrons. The van der Waals surface area contributed by atoms with Gasteiger partial charge in [0.1, 0.15) is 0 Å². The second-order valence-corrected chi connectivity index (χ2v) is 2.57. The van der Waals surface area contributed by atoms with Crippen LogP contribution >= 0.6 is 15.9 Å². The van der Waals surface area contributed by atoms with E-state index in [9.17, 15) is 4.79 Å². The van der Waals surface area contributed by atoms with Gasteiger partial charge in [-0.3, -0.25) is 4.79 Å². The zero-order chi connectivity index (χ0) is 7.82. The van der Waals surface area contributed by atoms with Crippen LogP contribution in [0.15, 0.2) is 0 Å². The van der Waals surface area contributed by atoms with Crippen LogP contribution in [-0.4, -0.2) is 17.9 Å². The SMILES string of the molecule is CCOC(=O)C[CH]CCBr. The Morgan fingerprint density at radius 3 is 2.90 bits per heavy atom. The van der Waals surface area contributed by atoms with Gasteiger partial charge in [0.2, 0.25) is 0 Å². The van der Waals surface area contributed by atoms with E-state index < -0.39 is 0 Å². The molecule has 0 bridgehead atoms. The average molecular weight is 208 g/mol. The maximum atomic E-state index is 10.6. The Hall–Kier alpha value is -0.0500. The molecule has 0 aliphatic heterocycles. The molecule has 0 unspecified atom stereocenters. The Labute approximate surface area is 70.1 Å². The first kappa shape index (κ1) is 9.95. The maximum absolute atomic E-state index is 10.6. The smallest absolute Gasteiger partial charge is 0.306 e. The van der Waals surface area contributed by atoms with E-state index in [-0.39, 0.29) is 5.97 Å². The number of alkyl halides is 1. The molecule has 0 heterocycles. The second-order valence-electron chi connectivity index (χ2n) is 1.78. The van der Waals surface area contributed by atoms with Gasteiger partial charge in [0.15, 0.2) is 0 Å². The molecule has 0 aliphatic rings. The summed E-state index contributed by atoms with van der Waals surface area (Å²) >= 11 is 3.26. The number of rotatable bonds is 5. The minimum absolute atomic E-state index is 0.136. The third-order valence-corrected chi connectivity index (χ3v) is 1.39. The van der Waals surface area contributed by atoms with Crippen molar-refractivity contribution in [1.29, 1.82) is 0 Å². The van der Waals surface area contributed by atoms with E-state index in [4.69, 9.17) is 4.74 Å². The number of unbranched alkanes of at least 4 members (excludes halogenated alkanes) is 1. The van der Waals surface area contributed by atoms with Crippen molar-refractivity contribution in [3.05, 3.63) is 6.42 Å². The summed E-state index contributed by atoms with van der Waals surface area (Å²) in [6.45, 7) is 2.28. The summed E-state index contributed by atoms with van der Waals surface area (Å²) in [5.41, 5.74) is 0. The summed E-state index contributed by atoms with van der Waals surface area (Å²) < 4.78 is 4.70. The first-order chi connectivity index (χ1) is 4.81. The average Bonchev–Trinajstić information content (AvgIpc) is 1.89. The van der Waals surface area contributed by atoms with Crippen molar-refractivity contribution < 1.29 is 9.53 Å². The number of esters is 1. The molecule has 0 aromatic heterocycles. The lowest BCUT2D eigenvalue weighted by atomic mass is 10.2. The standard InChI is InChI=1S/C7H12BrO2/c1-2-10-7(9)5-3-4-6-8/h3H,2,4-6H2,1H3. The highest BCUT2D eigenvalue weighted by Gasteiger charge is 1.99. The van der Waals surface area contributed by atoms with E-state index in [1.807, 2.05) is 13.3 Å². The molecule has 0 fully saturated rings. The van der Waals surface area contributed by atoms with Crippen LogP contribution in [0, 0.1) is 6.42 Å². The van der Waals surface area contributed by atoms with Crippen LogP contribution in [0.4, 0.5) is 0 Å².